The second-order valence-electron chi connectivity index (χ2n) is 4.00. The van der Waals surface area contributed by atoms with Crippen molar-refractivity contribution in [2.75, 3.05) is 6.54 Å². The van der Waals surface area contributed by atoms with Gasteiger partial charge in [-0.3, -0.25) is 0 Å². The minimum absolute atomic E-state index is 0.457. The van der Waals surface area contributed by atoms with Crippen LogP contribution < -0.4 is 5.73 Å². The molecule has 0 spiro atoms. The lowest BCUT2D eigenvalue weighted by molar-refractivity contribution is 0.140. The van der Waals surface area contributed by atoms with E-state index in [4.69, 9.17) is 5.73 Å². The van der Waals surface area contributed by atoms with Gasteiger partial charge < -0.3 is 5.73 Å². The van der Waals surface area contributed by atoms with Crippen molar-refractivity contribution < 1.29 is 0 Å². The van der Waals surface area contributed by atoms with Gasteiger partial charge in [0, 0.05) is 0 Å². The molecule has 0 unspecified atom stereocenters. The molecule has 60 valence electrons. The molecule has 0 aromatic carbocycles. The first-order valence-corrected chi connectivity index (χ1v) is 4.39. The molecule has 0 aromatic rings. The number of hydrogen-bond donors (Lipinski definition) is 1. The van der Waals surface area contributed by atoms with E-state index >= 15 is 0 Å². The monoisotopic (exact) mass is 141 g/mol. The molecule has 1 fully saturated rings. The molecule has 0 aliphatic heterocycles. The second kappa shape index (κ2) is 2.91. The first kappa shape index (κ1) is 8.06. The maximum Gasteiger partial charge on any atom is -0.00206 e. The van der Waals surface area contributed by atoms with E-state index in [0.29, 0.717) is 5.41 Å². The second-order valence-corrected chi connectivity index (χ2v) is 4.00. The first-order valence-electron chi connectivity index (χ1n) is 4.39. The largest absolute Gasteiger partial charge is 0.330 e. The van der Waals surface area contributed by atoms with Gasteiger partial charge in [-0.2, -0.15) is 0 Å². The Labute approximate surface area is 64.0 Å². The van der Waals surface area contributed by atoms with Crippen LogP contribution in [0.2, 0.25) is 0 Å². The first-order chi connectivity index (χ1) is 4.69. The van der Waals surface area contributed by atoms with Crippen molar-refractivity contribution in [3.05, 3.63) is 0 Å². The molecule has 1 aliphatic carbocycles. The van der Waals surface area contributed by atoms with Crippen molar-refractivity contribution in [3.63, 3.8) is 0 Å². The summed E-state index contributed by atoms with van der Waals surface area (Å²) in [5, 5.41) is 0. The highest BCUT2D eigenvalue weighted by molar-refractivity contribution is 4.84. The molecule has 0 aromatic heterocycles. The maximum absolute atomic E-state index is 5.73. The molecule has 0 bridgehead atoms. The highest BCUT2D eigenvalue weighted by Crippen LogP contribution is 2.39. The summed E-state index contributed by atoms with van der Waals surface area (Å²) in [4.78, 5) is 0. The normalized spacial score (nSPS) is 41.7. The van der Waals surface area contributed by atoms with Crippen LogP contribution in [0, 0.1) is 11.3 Å². The zero-order valence-corrected chi connectivity index (χ0v) is 7.19. The van der Waals surface area contributed by atoms with E-state index < -0.39 is 0 Å². The van der Waals surface area contributed by atoms with Crippen LogP contribution in [-0.4, -0.2) is 6.54 Å². The van der Waals surface area contributed by atoms with Gasteiger partial charge in [-0.15, -0.1) is 0 Å². The minimum Gasteiger partial charge on any atom is -0.330 e. The summed E-state index contributed by atoms with van der Waals surface area (Å²) < 4.78 is 0. The van der Waals surface area contributed by atoms with Crippen LogP contribution in [-0.2, 0) is 0 Å². The van der Waals surface area contributed by atoms with Gasteiger partial charge in [-0.1, -0.05) is 33.1 Å². The molecule has 1 rings (SSSR count). The Bertz CT molecular complexity index is 111. The Morgan fingerprint density at radius 1 is 1.50 bits per heavy atom. The van der Waals surface area contributed by atoms with Crippen molar-refractivity contribution in [2.24, 2.45) is 17.1 Å². The van der Waals surface area contributed by atoms with Crippen molar-refractivity contribution in [1.29, 1.82) is 0 Å². The number of rotatable bonds is 1. The van der Waals surface area contributed by atoms with Gasteiger partial charge in [0.2, 0.25) is 0 Å². The van der Waals surface area contributed by atoms with Gasteiger partial charge >= 0.3 is 0 Å². The molecule has 1 aliphatic rings. The van der Waals surface area contributed by atoms with Gasteiger partial charge in [0.05, 0.1) is 0 Å². The van der Waals surface area contributed by atoms with Crippen LogP contribution >= 0.6 is 0 Å². The average molecular weight is 141 g/mol. The zero-order chi connectivity index (χ0) is 7.61. The fourth-order valence-electron chi connectivity index (χ4n) is 1.88. The summed E-state index contributed by atoms with van der Waals surface area (Å²) >= 11 is 0. The Balaban J connectivity index is 2.54. The van der Waals surface area contributed by atoms with E-state index in [1.807, 2.05) is 0 Å². The molecule has 0 saturated heterocycles. The molecule has 1 saturated carbocycles. The molecule has 0 amide bonds. The SMILES string of the molecule is C[C@H]1CCCC[C@]1(C)CN. The number of nitrogens with two attached hydrogens (primary N) is 1. The highest BCUT2D eigenvalue weighted by atomic mass is 14.6. The summed E-state index contributed by atoms with van der Waals surface area (Å²) in [6.07, 6.45) is 5.52. The number of hydrogen-bond acceptors (Lipinski definition) is 1. The standard InChI is InChI=1S/C9H19N/c1-8-5-3-4-6-9(8,2)7-10/h8H,3-7,10H2,1-2H3/t8-,9+/m0/s1. The van der Waals surface area contributed by atoms with Crippen molar-refractivity contribution in [3.8, 4) is 0 Å². The summed E-state index contributed by atoms with van der Waals surface area (Å²) in [6.45, 7) is 5.54. The predicted molar refractivity (Wildman–Crippen MR) is 44.8 cm³/mol. The smallest absolute Gasteiger partial charge is 0.00206 e. The van der Waals surface area contributed by atoms with Crippen LogP contribution in [0.3, 0.4) is 0 Å². The fourth-order valence-corrected chi connectivity index (χ4v) is 1.88. The van der Waals surface area contributed by atoms with Crippen molar-refractivity contribution >= 4 is 0 Å². The lowest BCUT2D eigenvalue weighted by Crippen LogP contribution is -2.36. The quantitative estimate of drug-likeness (QED) is 0.595. The third-order valence-electron chi connectivity index (χ3n) is 3.29. The van der Waals surface area contributed by atoms with Crippen LogP contribution in [0.25, 0.3) is 0 Å². The minimum atomic E-state index is 0.457. The lowest BCUT2D eigenvalue weighted by Gasteiger charge is -2.38. The molecular formula is C9H19N. The van der Waals surface area contributed by atoms with Crippen LogP contribution in [0.15, 0.2) is 0 Å². The Morgan fingerprint density at radius 3 is 2.60 bits per heavy atom. The third-order valence-corrected chi connectivity index (χ3v) is 3.29. The van der Waals surface area contributed by atoms with Gasteiger partial charge in [0.1, 0.15) is 0 Å². The third kappa shape index (κ3) is 1.34. The van der Waals surface area contributed by atoms with E-state index in [9.17, 15) is 0 Å². The van der Waals surface area contributed by atoms with Crippen molar-refractivity contribution in [1.82, 2.24) is 0 Å². The van der Waals surface area contributed by atoms with Crippen LogP contribution in [0.1, 0.15) is 39.5 Å². The Hall–Kier alpha value is -0.0400. The van der Waals surface area contributed by atoms with Gasteiger partial charge in [-0.05, 0) is 24.3 Å². The zero-order valence-electron chi connectivity index (χ0n) is 7.19. The molecule has 0 heterocycles. The van der Waals surface area contributed by atoms with E-state index in [0.717, 1.165) is 12.5 Å². The van der Waals surface area contributed by atoms with Crippen LogP contribution in [0.4, 0.5) is 0 Å². The average Bonchev–Trinajstić information content (AvgIpc) is 1.96. The van der Waals surface area contributed by atoms with E-state index in [2.05, 4.69) is 13.8 Å². The van der Waals surface area contributed by atoms with Crippen LogP contribution in [0.5, 0.6) is 0 Å². The molecule has 2 N–H and O–H groups in total. The Morgan fingerprint density at radius 2 is 2.20 bits per heavy atom. The van der Waals surface area contributed by atoms with Crippen molar-refractivity contribution in [2.45, 2.75) is 39.5 Å². The molecule has 2 atom stereocenters. The lowest BCUT2D eigenvalue weighted by atomic mass is 9.68. The van der Waals surface area contributed by atoms with Gasteiger partial charge in [0.15, 0.2) is 0 Å². The topological polar surface area (TPSA) is 26.0 Å². The Kier molecular flexibility index (Phi) is 2.35. The molecule has 1 heteroatoms. The maximum atomic E-state index is 5.73. The summed E-state index contributed by atoms with van der Waals surface area (Å²) in [6, 6.07) is 0. The summed E-state index contributed by atoms with van der Waals surface area (Å²) in [5.74, 6) is 0.839. The van der Waals surface area contributed by atoms with Gasteiger partial charge in [0.25, 0.3) is 0 Å². The van der Waals surface area contributed by atoms with Gasteiger partial charge in [-0.25, -0.2) is 0 Å². The molecular weight excluding hydrogens is 122 g/mol. The molecule has 1 nitrogen and oxygen atoms in total. The van der Waals surface area contributed by atoms with E-state index in [1.54, 1.807) is 0 Å². The summed E-state index contributed by atoms with van der Waals surface area (Å²) in [7, 11) is 0. The molecule has 0 radical (unpaired) electrons. The summed E-state index contributed by atoms with van der Waals surface area (Å²) in [5.41, 5.74) is 6.18. The fraction of sp³-hybridized carbons (Fsp3) is 1.00. The predicted octanol–water partition coefficient (Wildman–Crippen LogP) is 2.16. The molecule has 10 heavy (non-hydrogen) atoms. The highest BCUT2D eigenvalue weighted by Gasteiger charge is 2.31. The van der Waals surface area contributed by atoms with E-state index in [1.165, 1.54) is 25.7 Å². The van der Waals surface area contributed by atoms with E-state index in [-0.39, 0.29) is 0 Å².